The standard InChI is InChI=1S/C20H25NO4S/c1-12-7-8-17(11-19(12)20(22)25-6)26(23,24)21-16(5)18-10-14(3)13(2)9-15(18)4/h7-11,16,21H,1-6H3/t16-/m0/s1. The highest BCUT2D eigenvalue weighted by atomic mass is 32.2. The number of hydrogen-bond donors (Lipinski definition) is 1. The van der Waals surface area contributed by atoms with Crippen LogP contribution in [0.15, 0.2) is 35.2 Å². The molecule has 1 atom stereocenters. The third kappa shape index (κ3) is 4.14. The number of ether oxygens (including phenoxy) is 1. The molecule has 0 aliphatic rings. The van der Waals surface area contributed by atoms with Gasteiger partial charge in [-0.3, -0.25) is 0 Å². The highest BCUT2D eigenvalue weighted by molar-refractivity contribution is 7.89. The number of hydrogen-bond acceptors (Lipinski definition) is 4. The molecule has 0 saturated carbocycles. The van der Waals surface area contributed by atoms with Crippen molar-refractivity contribution in [2.24, 2.45) is 0 Å². The van der Waals surface area contributed by atoms with E-state index in [0.29, 0.717) is 5.56 Å². The van der Waals surface area contributed by atoms with Gasteiger partial charge in [0.1, 0.15) is 0 Å². The highest BCUT2D eigenvalue weighted by Crippen LogP contribution is 2.24. The fourth-order valence-electron chi connectivity index (χ4n) is 2.91. The summed E-state index contributed by atoms with van der Waals surface area (Å²) >= 11 is 0. The van der Waals surface area contributed by atoms with Gasteiger partial charge in [-0.05, 0) is 74.6 Å². The van der Waals surface area contributed by atoms with Gasteiger partial charge in [-0.25, -0.2) is 17.9 Å². The van der Waals surface area contributed by atoms with Crippen molar-refractivity contribution in [2.75, 3.05) is 7.11 Å². The molecule has 0 amide bonds. The monoisotopic (exact) mass is 375 g/mol. The lowest BCUT2D eigenvalue weighted by Gasteiger charge is -2.19. The van der Waals surface area contributed by atoms with Gasteiger partial charge >= 0.3 is 5.97 Å². The number of esters is 1. The summed E-state index contributed by atoms with van der Waals surface area (Å²) in [6.45, 7) is 9.54. The lowest BCUT2D eigenvalue weighted by Crippen LogP contribution is -2.27. The average Bonchev–Trinajstić information content (AvgIpc) is 2.57. The maximum absolute atomic E-state index is 12.8. The third-order valence-corrected chi connectivity index (χ3v) is 6.14. The molecule has 0 unspecified atom stereocenters. The number of carbonyl (C=O) groups excluding carboxylic acids is 1. The van der Waals surface area contributed by atoms with Crippen LogP contribution in [-0.4, -0.2) is 21.5 Å². The summed E-state index contributed by atoms with van der Waals surface area (Å²) < 4.78 is 33.0. The second-order valence-corrected chi connectivity index (χ2v) is 8.32. The second kappa shape index (κ2) is 7.60. The molecule has 5 nitrogen and oxygen atoms in total. The summed E-state index contributed by atoms with van der Waals surface area (Å²) in [5.74, 6) is -0.558. The van der Waals surface area contributed by atoms with Crippen molar-refractivity contribution in [3.8, 4) is 0 Å². The van der Waals surface area contributed by atoms with E-state index in [1.807, 2.05) is 33.8 Å². The molecule has 0 saturated heterocycles. The number of nitrogens with one attached hydrogen (secondary N) is 1. The minimum Gasteiger partial charge on any atom is -0.465 e. The largest absolute Gasteiger partial charge is 0.465 e. The summed E-state index contributed by atoms with van der Waals surface area (Å²) in [4.78, 5) is 11.9. The van der Waals surface area contributed by atoms with Crippen molar-refractivity contribution in [3.63, 3.8) is 0 Å². The maximum atomic E-state index is 12.8. The van der Waals surface area contributed by atoms with E-state index in [-0.39, 0.29) is 10.5 Å². The van der Waals surface area contributed by atoms with Crippen LogP contribution in [0.4, 0.5) is 0 Å². The normalized spacial score (nSPS) is 12.7. The Labute approximate surface area is 155 Å². The Morgan fingerprint density at radius 1 is 0.962 bits per heavy atom. The van der Waals surface area contributed by atoms with E-state index in [1.165, 1.54) is 24.8 Å². The van der Waals surface area contributed by atoms with E-state index < -0.39 is 22.0 Å². The zero-order chi connectivity index (χ0) is 19.6. The van der Waals surface area contributed by atoms with Gasteiger partial charge < -0.3 is 4.74 Å². The molecule has 0 fully saturated rings. The van der Waals surface area contributed by atoms with E-state index in [2.05, 4.69) is 10.8 Å². The molecule has 0 heterocycles. The number of rotatable bonds is 5. The van der Waals surface area contributed by atoms with Gasteiger partial charge in [0, 0.05) is 6.04 Å². The molecule has 0 bridgehead atoms. The first-order valence-corrected chi connectivity index (χ1v) is 9.84. The molecule has 26 heavy (non-hydrogen) atoms. The number of sulfonamides is 1. The number of methoxy groups -OCH3 is 1. The molecule has 0 aliphatic heterocycles. The fourth-order valence-corrected chi connectivity index (χ4v) is 4.16. The van der Waals surface area contributed by atoms with Gasteiger partial charge in [0.25, 0.3) is 0 Å². The Morgan fingerprint density at radius 2 is 1.58 bits per heavy atom. The number of benzene rings is 2. The molecular formula is C20H25NO4S. The second-order valence-electron chi connectivity index (χ2n) is 6.60. The lowest BCUT2D eigenvalue weighted by atomic mass is 9.97. The van der Waals surface area contributed by atoms with Crippen molar-refractivity contribution in [3.05, 3.63) is 63.7 Å². The average molecular weight is 375 g/mol. The van der Waals surface area contributed by atoms with Crippen LogP contribution in [0.5, 0.6) is 0 Å². The molecule has 0 aliphatic carbocycles. The molecule has 0 aromatic heterocycles. The topological polar surface area (TPSA) is 72.5 Å². The Balaban J connectivity index is 2.37. The first-order chi connectivity index (χ1) is 12.1. The summed E-state index contributed by atoms with van der Waals surface area (Å²) in [6.07, 6.45) is 0. The SMILES string of the molecule is COC(=O)c1cc(S(=O)(=O)N[C@@H](C)c2cc(C)c(C)cc2C)ccc1C. The Hall–Kier alpha value is -2.18. The molecular weight excluding hydrogens is 350 g/mol. The minimum atomic E-state index is -3.79. The first-order valence-electron chi connectivity index (χ1n) is 8.36. The predicted molar refractivity (Wildman–Crippen MR) is 102 cm³/mol. The molecule has 0 radical (unpaired) electrons. The maximum Gasteiger partial charge on any atom is 0.338 e. The summed E-state index contributed by atoms with van der Waals surface area (Å²) in [5.41, 5.74) is 5.14. The summed E-state index contributed by atoms with van der Waals surface area (Å²) in [6, 6.07) is 8.10. The summed E-state index contributed by atoms with van der Waals surface area (Å²) in [5, 5.41) is 0. The number of aryl methyl sites for hydroxylation is 4. The van der Waals surface area contributed by atoms with Crippen LogP contribution in [0.1, 0.15) is 51.1 Å². The molecule has 2 rings (SSSR count). The smallest absolute Gasteiger partial charge is 0.338 e. The van der Waals surface area contributed by atoms with Crippen molar-refractivity contribution in [1.82, 2.24) is 4.72 Å². The highest BCUT2D eigenvalue weighted by Gasteiger charge is 2.22. The number of carbonyl (C=O) groups is 1. The van der Waals surface area contributed by atoms with E-state index in [0.717, 1.165) is 16.7 Å². The molecule has 1 N–H and O–H groups in total. The first kappa shape index (κ1) is 20.1. The fraction of sp³-hybridized carbons (Fsp3) is 0.350. The van der Waals surface area contributed by atoms with Gasteiger partial charge in [-0.15, -0.1) is 0 Å². The quantitative estimate of drug-likeness (QED) is 0.808. The van der Waals surface area contributed by atoms with Crippen LogP contribution in [0.3, 0.4) is 0 Å². The van der Waals surface area contributed by atoms with Crippen LogP contribution >= 0.6 is 0 Å². The molecule has 2 aromatic rings. The Morgan fingerprint density at radius 3 is 2.19 bits per heavy atom. The molecule has 2 aromatic carbocycles. The van der Waals surface area contributed by atoms with E-state index in [9.17, 15) is 13.2 Å². The van der Waals surface area contributed by atoms with Crippen LogP contribution in [0.2, 0.25) is 0 Å². The Bertz CT molecular complexity index is 949. The summed E-state index contributed by atoms with van der Waals surface area (Å²) in [7, 11) is -2.52. The van der Waals surface area contributed by atoms with Gasteiger partial charge in [0.2, 0.25) is 10.0 Å². The van der Waals surface area contributed by atoms with E-state index in [1.54, 1.807) is 13.0 Å². The van der Waals surface area contributed by atoms with Gasteiger partial charge in [-0.2, -0.15) is 0 Å². The zero-order valence-electron chi connectivity index (χ0n) is 16.0. The zero-order valence-corrected chi connectivity index (χ0v) is 16.8. The van der Waals surface area contributed by atoms with Crippen molar-refractivity contribution >= 4 is 16.0 Å². The van der Waals surface area contributed by atoms with Gasteiger partial charge in [0.05, 0.1) is 17.6 Å². The van der Waals surface area contributed by atoms with Crippen LogP contribution in [-0.2, 0) is 14.8 Å². The molecule has 0 spiro atoms. The van der Waals surface area contributed by atoms with Crippen molar-refractivity contribution in [1.29, 1.82) is 0 Å². The van der Waals surface area contributed by atoms with Crippen LogP contribution in [0.25, 0.3) is 0 Å². The predicted octanol–water partition coefficient (Wildman–Crippen LogP) is 3.75. The Kier molecular flexibility index (Phi) is 5.88. The van der Waals surface area contributed by atoms with Crippen molar-refractivity contribution < 1.29 is 17.9 Å². The molecule has 6 heteroatoms. The van der Waals surface area contributed by atoms with Gasteiger partial charge in [0.15, 0.2) is 0 Å². The van der Waals surface area contributed by atoms with E-state index >= 15 is 0 Å². The third-order valence-electron chi connectivity index (χ3n) is 4.61. The van der Waals surface area contributed by atoms with Crippen LogP contribution in [0, 0.1) is 27.7 Å². The van der Waals surface area contributed by atoms with Gasteiger partial charge in [-0.1, -0.05) is 18.2 Å². The van der Waals surface area contributed by atoms with Crippen molar-refractivity contribution in [2.45, 2.75) is 45.6 Å². The van der Waals surface area contributed by atoms with Crippen LogP contribution < -0.4 is 4.72 Å². The lowest BCUT2D eigenvalue weighted by molar-refractivity contribution is 0.0599. The molecule has 140 valence electrons. The van der Waals surface area contributed by atoms with E-state index in [4.69, 9.17) is 4.74 Å². The minimum absolute atomic E-state index is 0.0387.